The molecule has 0 heterocycles. The van der Waals surface area contributed by atoms with Crippen LogP contribution in [0.25, 0.3) is 0 Å². The smallest absolute Gasteiger partial charge is 0.254 e. The van der Waals surface area contributed by atoms with Gasteiger partial charge in [-0.15, -0.1) is 0 Å². The van der Waals surface area contributed by atoms with Gasteiger partial charge in [0.1, 0.15) is 5.82 Å². The lowest BCUT2D eigenvalue weighted by Gasteiger charge is -2.06. The fourth-order valence-electron chi connectivity index (χ4n) is 1.27. The zero-order valence-electron chi connectivity index (χ0n) is 9.78. The summed E-state index contributed by atoms with van der Waals surface area (Å²) < 4.78 is 13.2. The zero-order chi connectivity index (χ0) is 13.4. The third kappa shape index (κ3) is 4.50. The zero-order valence-corrected chi connectivity index (χ0v) is 9.78. The van der Waals surface area contributed by atoms with Crippen molar-refractivity contribution in [3.63, 3.8) is 0 Å². The van der Waals surface area contributed by atoms with E-state index in [9.17, 15) is 14.0 Å². The molecule has 0 fully saturated rings. The van der Waals surface area contributed by atoms with E-state index in [0.29, 0.717) is 13.0 Å². The normalized spacial score (nSPS) is 9.89. The summed E-state index contributed by atoms with van der Waals surface area (Å²) in [6.45, 7) is 0.103. The minimum atomic E-state index is -0.634. The Hall–Kier alpha value is -1.95. The standard InChI is InChI=1S/C12H15FN2O3/c13-10-5-2-1-4-9(10)12(18)15-8-11(17)14-6-3-7-16/h1-2,4-5,16H,3,6-8H2,(H,14,17)(H,15,18). The highest BCUT2D eigenvalue weighted by atomic mass is 19.1. The van der Waals surface area contributed by atoms with Crippen LogP contribution in [0.1, 0.15) is 16.8 Å². The number of halogens is 1. The van der Waals surface area contributed by atoms with E-state index in [-0.39, 0.29) is 24.6 Å². The first-order valence-corrected chi connectivity index (χ1v) is 5.55. The molecule has 0 atom stereocenters. The Bertz CT molecular complexity index is 424. The summed E-state index contributed by atoms with van der Waals surface area (Å²) in [4.78, 5) is 22.8. The lowest BCUT2D eigenvalue weighted by Crippen LogP contribution is -2.37. The molecule has 6 heteroatoms. The molecule has 0 aliphatic carbocycles. The number of hydrogen-bond acceptors (Lipinski definition) is 3. The van der Waals surface area contributed by atoms with Gasteiger partial charge in [0.05, 0.1) is 12.1 Å². The number of benzene rings is 1. The fourth-order valence-corrected chi connectivity index (χ4v) is 1.27. The molecular formula is C12H15FN2O3. The molecule has 0 saturated heterocycles. The summed E-state index contributed by atoms with van der Waals surface area (Å²) in [7, 11) is 0. The monoisotopic (exact) mass is 254 g/mol. The van der Waals surface area contributed by atoms with Crippen LogP contribution in [0.15, 0.2) is 24.3 Å². The minimum Gasteiger partial charge on any atom is -0.396 e. The highest BCUT2D eigenvalue weighted by Gasteiger charge is 2.11. The first-order chi connectivity index (χ1) is 8.65. The van der Waals surface area contributed by atoms with E-state index in [1.165, 1.54) is 18.2 Å². The highest BCUT2D eigenvalue weighted by molar-refractivity contribution is 5.96. The molecule has 0 bridgehead atoms. The van der Waals surface area contributed by atoms with Crippen molar-refractivity contribution in [3.8, 4) is 0 Å². The summed E-state index contributed by atoms with van der Waals surface area (Å²) in [6, 6.07) is 5.54. The maximum atomic E-state index is 13.2. The molecule has 0 saturated carbocycles. The Morgan fingerprint density at radius 3 is 2.61 bits per heavy atom. The second-order valence-electron chi connectivity index (χ2n) is 3.59. The largest absolute Gasteiger partial charge is 0.396 e. The van der Waals surface area contributed by atoms with Gasteiger partial charge in [0, 0.05) is 13.2 Å². The van der Waals surface area contributed by atoms with Gasteiger partial charge in [-0.1, -0.05) is 12.1 Å². The number of carbonyl (C=O) groups excluding carboxylic acids is 2. The Labute approximate surface area is 104 Å². The molecule has 18 heavy (non-hydrogen) atoms. The molecule has 5 nitrogen and oxygen atoms in total. The number of rotatable bonds is 6. The van der Waals surface area contributed by atoms with Crippen molar-refractivity contribution in [2.45, 2.75) is 6.42 Å². The van der Waals surface area contributed by atoms with Crippen LogP contribution >= 0.6 is 0 Å². The van der Waals surface area contributed by atoms with E-state index in [1.807, 2.05) is 0 Å². The number of carbonyl (C=O) groups is 2. The predicted octanol–water partition coefficient (Wildman–Crippen LogP) is 0.0541. The van der Waals surface area contributed by atoms with Gasteiger partial charge in [-0.3, -0.25) is 9.59 Å². The van der Waals surface area contributed by atoms with Crippen LogP contribution in [0, 0.1) is 5.82 Å². The lowest BCUT2D eigenvalue weighted by atomic mass is 10.2. The summed E-state index contributed by atoms with van der Waals surface area (Å²) in [5.41, 5.74) is -0.0966. The third-order valence-electron chi connectivity index (χ3n) is 2.19. The Morgan fingerprint density at radius 1 is 1.22 bits per heavy atom. The highest BCUT2D eigenvalue weighted by Crippen LogP contribution is 2.05. The first-order valence-electron chi connectivity index (χ1n) is 5.55. The van der Waals surface area contributed by atoms with Gasteiger partial charge in [-0.25, -0.2) is 4.39 Å². The Kier molecular flexibility index (Phi) is 5.79. The topological polar surface area (TPSA) is 78.4 Å². The molecule has 98 valence electrons. The molecule has 0 aliphatic rings. The van der Waals surface area contributed by atoms with E-state index < -0.39 is 11.7 Å². The van der Waals surface area contributed by atoms with Gasteiger partial charge in [0.15, 0.2) is 0 Å². The van der Waals surface area contributed by atoms with Crippen LogP contribution in [-0.4, -0.2) is 36.6 Å². The second-order valence-corrected chi connectivity index (χ2v) is 3.59. The van der Waals surface area contributed by atoms with E-state index >= 15 is 0 Å². The maximum absolute atomic E-state index is 13.2. The van der Waals surface area contributed by atoms with E-state index in [4.69, 9.17) is 5.11 Å². The van der Waals surface area contributed by atoms with Gasteiger partial charge in [0.25, 0.3) is 5.91 Å². The van der Waals surface area contributed by atoms with Crippen LogP contribution in [0.3, 0.4) is 0 Å². The second kappa shape index (κ2) is 7.39. The first kappa shape index (κ1) is 14.1. The molecule has 0 unspecified atom stereocenters. The van der Waals surface area contributed by atoms with Gasteiger partial charge in [-0.2, -0.15) is 0 Å². The van der Waals surface area contributed by atoms with Crippen molar-refractivity contribution in [2.75, 3.05) is 19.7 Å². The van der Waals surface area contributed by atoms with Crippen LogP contribution in [0.5, 0.6) is 0 Å². The van der Waals surface area contributed by atoms with Crippen molar-refractivity contribution < 1.29 is 19.1 Å². The van der Waals surface area contributed by atoms with Gasteiger partial charge in [-0.05, 0) is 18.6 Å². The molecule has 1 rings (SSSR count). The van der Waals surface area contributed by atoms with Crippen molar-refractivity contribution in [1.82, 2.24) is 10.6 Å². The molecule has 2 amide bonds. The average molecular weight is 254 g/mol. The third-order valence-corrected chi connectivity index (χ3v) is 2.19. The van der Waals surface area contributed by atoms with Gasteiger partial charge < -0.3 is 15.7 Å². The van der Waals surface area contributed by atoms with Gasteiger partial charge in [0.2, 0.25) is 5.91 Å². The Morgan fingerprint density at radius 2 is 1.94 bits per heavy atom. The fraction of sp³-hybridized carbons (Fsp3) is 0.333. The van der Waals surface area contributed by atoms with Crippen LogP contribution in [0.2, 0.25) is 0 Å². The van der Waals surface area contributed by atoms with E-state index in [2.05, 4.69) is 10.6 Å². The molecule has 0 spiro atoms. The van der Waals surface area contributed by atoms with Crippen LogP contribution in [0.4, 0.5) is 4.39 Å². The molecule has 1 aromatic rings. The SMILES string of the molecule is O=C(CNC(=O)c1ccccc1F)NCCCO. The molecule has 3 N–H and O–H groups in total. The van der Waals surface area contributed by atoms with Crippen LogP contribution in [-0.2, 0) is 4.79 Å². The quantitative estimate of drug-likeness (QED) is 0.628. The summed E-state index contributed by atoms with van der Waals surface area (Å²) >= 11 is 0. The van der Waals surface area contributed by atoms with Crippen molar-refractivity contribution in [3.05, 3.63) is 35.6 Å². The molecule has 0 aliphatic heterocycles. The summed E-state index contributed by atoms with van der Waals surface area (Å²) in [5.74, 6) is -1.64. The summed E-state index contributed by atoms with van der Waals surface area (Å²) in [6.07, 6.45) is 0.451. The number of hydrogen-bond donors (Lipinski definition) is 3. The van der Waals surface area contributed by atoms with Crippen molar-refractivity contribution >= 4 is 11.8 Å². The molecule has 1 aromatic carbocycles. The van der Waals surface area contributed by atoms with Crippen molar-refractivity contribution in [2.24, 2.45) is 0 Å². The number of aliphatic hydroxyl groups excluding tert-OH is 1. The van der Waals surface area contributed by atoms with E-state index in [1.54, 1.807) is 6.07 Å². The summed E-state index contributed by atoms with van der Waals surface area (Å²) in [5, 5.41) is 13.3. The molecule has 0 radical (unpaired) electrons. The van der Waals surface area contributed by atoms with E-state index in [0.717, 1.165) is 0 Å². The number of aliphatic hydroxyl groups is 1. The minimum absolute atomic E-state index is 0.0120. The molecular weight excluding hydrogens is 239 g/mol. The molecule has 0 aromatic heterocycles. The van der Waals surface area contributed by atoms with Crippen LogP contribution < -0.4 is 10.6 Å². The maximum Gasteiger partial charge on any atom is 0.254 e. The Balaban J connectivity index is 2.38. The van der Waals surface area contributed by atoms with Crippen molar-refractivity contribution in [1.29, 1.82) is 0 Å². The van der Waals surface area contributed by atoms with Gasteiger partial charge >= 0.3 is 0 Å². The number of amides is 2. The average Bonchev–Trinajstić information content (AvgIpc) is 2.37. The number of nitrogens with one attached hydrogen (secondary N) is 2. The predicted molar refractivity (Wildman–Crippen MR) is 63.4 cm³/mol. The lowest BCUT2D eigenvalue weighted by molar-refractivity contribution is -0.120.